The van der Waals surface area contributed by atoms with Crippen LogP contribution in [0.4, 0.5) is 0 Å². The molecular formula is C22H31N3O2S. The molecule has 0 radical (unpaired) electrons. The molecule has 2 N–H and O–H groups in total. The van der Waals surface area contributed by atoms with E-state index >= 15 is 0 Å². The smallest absolute Gasteiger partial charge is 0.191 e. The van der Waals surface area contributed by atoms with E-state index in [2.05, 4.69) is 57.4 Å². The monoisotopic (exact) mass is 401 g/mol. The van der Waals surface area contributed by atoms with Gasteiger partial charge in [-0.1, -0.05) is 18.2 Å². The average Bonchev–Trinajstić information content (AvgIpc) is 3.25. The molecule has 1 saturated heterocycles. The zero-order valence-corrected chi connectivity index (χ0v) is 17.7. The van der Waals surface area contributed by atoms with Crippen LogP contribution >= 0.6 is 11.3 Å². The minimum Gasteiger partial charge on any atom is -0.494 e. The minimum absolute atomic E-state index is 0.0500. The molecule has 3 rings (SSSR count). The summed E-state index contributed by atoms with van der Waals surface area (Å²) in [5.41, 5.74) is 1.38. The summed E-state index contributed by atoms with van der Waals surface area (Å²) >= 11 is 1.80. The maximum absolute atomic E-state index is 5.65. The second-order valence-electron chi connectivity index (χ2n) is 7.03. The van der Waals surface area contributed by atoms with Crippen molar-refractivity contribution in [2.45, 2.75) is 31.6 Å². The van der Waals surface area contributed by atoms with Crippen molar-refractivity contribution < 1.29 is 9.47 Å². The van der Waals surface area contributed by atoms with Crippen molar-refractivity contribution in [3.8, 4) is 5.75 Å². The van der Waals surface area contributed by atoms with Gasteiger partial charge in [-0.2, -0.15) is 0 Å². The van der Waals surface area contributed by atoms with Gasteiger partial charge in [-0.15, -0.1) is 11.3 Å². The molecule has 1 aromatic heterocycles. The first-order chi connectivity index (χ1) is 13.8. The summed E-state index contributed by atoms with van der Waals surface area (Å²) in [5.74, 6) is 1.78. The summed E-state index contributed by atoms with van der Waals surface area (Å²) in [6, 6.07) is 12.8. The van der Waals surface area contributed by atoms with Crippen LogP contribution in [0.15, 0.2) is 46.8 Å². The summed E-state index contributed by atoms with van der Waals surface area (Å²) in [7, 11) is 1.83. The molecular weight excluding hydrogens is 370 g/mol. The van der Waals surface area contributed by atoms with Gasteiger partial charge in [0.2, 0.25) is 0 Å². The highest BCUT2D eigenvalue weighted by Gasteiger charge is 2.34. The van der Waals surface area contributed by atoms with E-state index in [0.29, 0.717) is 6.61 Å². The topological polar surface area (TPSA) is 54.9 Å². The molecule has 0 bridgehead atoms. The van der Waals surface area contributed by atoms with Crippen molar-refractivity contribution in [3.05, 3.63) is 52.2 Å². The maximum atomic E-state index is 5.65. The molecule has 0 amide bonds. The number of nitrogens with zero attached hydrogens (tertiary/aromatic N) is 1. The molecule has 2 heterocycles. The molecule has 0 aliphatic carbocycles. The van der Waals surface area contributed by atoms with Gasteiger partial charge >= 0.3 is 0 Å². The first kappa shape index (κ1) is 20.7. The van der Waals surface area contributed by atoms with Crippen molar-refractivity contribution >= 4 is 17.3 Å². The second kappa shape index (κ2) is 10.5. The lowest BCUT2D eigenvalue weighted by Crippen LogP contribution is -2.48. The van der Waals surface area contributed by atoms with Crippen LogP contribution in [0.25, 0.3) is 0 Å². The third-order valence-corrected chi connectivity index (χ3v) is 6.23. The summed E-state index contributed by atoms with van der Waals surface area (Å²) in [4.78, 5) is 5.79. The standard InChI is InChI=1S/C22H31N3O2S/c1-3-27-19-8-6-18(7-9-19)22(11-14-26-15-12-22)17-25-21(23-2)24-13-10-20-5-4-16-28-20/h4-9,16H,3,10-15,17H2,1-2H3,(H2,23,24,25). The van der Waals surface area contributed by atoms with Crippen LogP contribution in [0.2, 0.25) is 0 Å². The van der Waals surface area contributed by atoms with E-state index in [1.54, 1.807) is 11.3 Å². The lowest BCUT2D eigenvalue weighted by molar-refractivity contribution is 0.0513. The fourth-order valence-corrected chi connectivity index (χ4v) is 4.34. The van der Waals surface area contributed by atoms with Gasteiger partial charge in [0.15, 0.2) is 5.96 Å². The van der Waals surface area contributed by atoms with E-state index in [-0.39, 0.29) is 5.41 Å². The van der Waals surface area contributed by atoms with E-state index < -0.39 is 0 Å². The minimum atomic E-state index is 0.0500. The lowest BCUT2D eigenvalue weighted by Gasteiger charge is -2.38. The van der Waals surface area contributed by atoms with Crippen LogP contribution in [-0.4, -0.2) is 45.9 Å². The summed E-state index contributed by atoms with van der Waals surface area (Å²) in [5, 5.41) is 9.11. The van der Waals surface area contributed by atoms with Gasteiger partial charge in [0.1, 0.15) is 5.75 Å². The van der Waals surface area contributed by atoms with Gasteiger partial charge in [0.05, 0.1) is 6.61 Å². The number of ether oxygens (including phenoxy) is 2. The summed E-state index contributed by atoms with van der Waals surface area (Å²) < 4.78 is 11.3. The molecule has 0 unspecified atom stereocenters. The fourth-order valence-electron chi connectivity index (χ4n) is 3.63. The number of benzene rings is 1. The number of nitrogens with one attached hydrogen (secondary N) is 2. The molecule has 1 fully saturated rings. The predicted molar refractivity (Wildman–Crippen MR) is 117 cm³/mol. The Morgan fingerprint density at radius 3 is 2.61 bits per heavy atom. The average molecular weight is 402 g/mol. The van der Waals surface area contributed by atoms with Crippen LogP contribution in [-0.2, 0) is 16.6 Å². The number of hydrogen-bond acceptors (Lipinski definition) is 4. The van der Waals surface area contributed by atoms with Crippen molar-refractivity contribution in [2.75, 3.05) is 40.0 Å². The Labute approximate surface area is 172 Å². The molecule has 2 aromatic rings. The van der Waals surface area contributed by atoms with Crippen LogP contribution < -0.4 is 15.4 Å². The number of guanidine groups is 1. The number of aliphatic imine (C=N–C) groups is 1. The zero-order chi connectivity index (χ0) is 19.7. The van der Waals surface area contributed by atoms with Crippen molar-refractivity contribution in [3.63, 3.8) is 0 Å². The normalized spacial score (nSPS) is 16.6. The summed E-state index contributed by atoms with van der Waals surface area (Å²) in [6.45, 7) is 5.99. The molecule has 5 nitrogen and oxygen atoms in total. The molecule has 0 spiro atoms. The maximum Gasteiger partial charge on any atom is 0.191 e. The number of hydrogen-bond donors (Lipinski definition) is 2. The van der Waals surface area contributed by atoms with Crippen molar-refractivity contribution in [2.24, 2.45) is 4.99 Å². The Kier molecular flexibility index (Phi) is 7.74. The molecule has 152 valence electrons. The Hall–Kier alpha value is -2.05. The molecule has 1 aliphatic heterocycles. The SMILES string of the molecule is CCOc1ccc(C2(CNC(=NC)NCCc3cccs3)CCOCC2)cc1. The largest absolute Gasteiger partial charge is 0.494 e. The lowest BCUT2D eigenvalue weighted by atomic mass is 9.74. The molecule has 0 atom stereocenters. The Balaban J connectivity index is 1.61. The van der Waals surface area contributed by atoms with Gasteiger partial charge in [-0.05, 0) is 55.3 Å². The van der Waals surface area contributed by atoms with Gasteiger partial charge in [-0.3, -0.25) is 4.99 Å². The molecule has 28 heavy (non-hydrogen) atoms. The Morgan fingerprint density at radius 2 is 1.96 bits per heavy atom. The van der Waals surface area contributed by atoms with Crippen molar-refractivity contribution in [1.82, 2.24) is 10.6 Å². The van der Waals surface area contributed by atoms with Gasteiger partial charge in [-0.25, -0.2) is 0 Å². The molecule has 1 aliphatic rings. The van der Waals surface area contributed by atoms with E-state index in [9.17, 15) is 0 Å². The van der Waals surface area contributed by atoms with Gasteiger partial charge < -0.3 is 20.1 Å². The summed E-state index contributed by atoms with van der Waals surface area (Å²) in [6.07, 6.45) is 3.01. The highest BCUT2D eigenvalue weighted by Crippen LogP contribution is 2.35. The molecule has 6 heteroatoms. The van der Waals surface area contributed by atoms with Crippen molar-refractivity contribution in [1.29, 1.82) is 0 Å². The number of thiophene rings is 1. The Bertz CT molecular complexity index is 723. The van der Waals surface area contributed by atoms with Gasteiger partial charge in [0.25, 0.3) is 0 Å². The van der Waals surface area contributed by atoms with E-state index in [4.69, 9.17) is 9.47 Å². The first-order valence-electron chi connectivity index (χ1n) is 10.0. The van der Waals surface area contributed by atoms with Crippen LogP contribution in [0.5, 0.6) is 5.75 Å². The number of rotatable bonds is 8. The molecule has 0 saturated carbocycles. The van der Waals surface area contributed by atoms with Crippen LogP contribution in [0, 0.1) is 0 Å². The fraction of sp³-hybridized carbons (Fsp3) is 0.500. The third-order valence-electron chi connectivity index (χ3n) is 5.29. The second-order valence-corrected chi connectivity index (χ2v) is 8.06. The quantitative estimate of drug-likeness (QED) is 0.524. The molecule has 1 aromatic carbocycles. The van der Waals surface area contributed by atoms with E-state index in [1.807, 2.05) is 14.0 Å². The predicted octanol–water partition coefficient (Wildman–Crippen LogP) is 3.60. The van der Waals surface area contributed by atoms with Crippen LogP contribution in [0.3, 0.4) is 0 Å². The van der Waals surface area contributed by atoms with E-state index in [1.165, 1.54) is 10.4 Å². The zero-order valence-electron chi connectivity index (χ0n) is 16.9. The highest BCUT2D eigenvalue weighted by molar-refractivity contribution is 7.09. The van der Waals surface area contributed by atoms with E-state index in [0.717, 1.165) is 57.3 Å². The highest BCUT2D eigenvalue weighted by atomic mass is 32.1. The van der Waals surface area contributed by atoms with Gasteiger partial charge in [0, 0.05) is 43.6 Å². The Morgan fingerprint density at radius 1 is 1.18 bits per heavy atom. The third kappa shape index (κ3) is 5.49. The van der Waals surface area contributed by atoms with Crippen LogP contribution in [0.1, 0.15) is 30.2 Å². The first-order valence-corrected chi connectivity index (χ1v) is 10.9.